The molecule has 0 radical (unpaired) electrons. The zero-order valence-electron chi connectivity index (χ0n) is 14.9. The Hall–Kier alpha value is -3.17. The topological polar surface area (TPSA) is 133 Å². The average molecular weight is 383 g/mol. The van der Waals surface area contributed by atoms with Crippen molar-refractivity contribution in [3.8, 4) is 11.5 Å². The van der Waals surface area contributed by atoms with Crippen molar-refractivity contribution in [2.45, 2.75) is 30.7 Å². The Bertz CT molecular complexity index is 926. The van der Waals surface area contributed by atoms with Crippen molar-refractivity contribution >= 4 is 19.0 Å². The average Bonchev–Trinajstić information content (AvgIpc) is 3.22. The molecule has 2 aliphatic rings. The number of nitrogens with one attached hydrogen (secondary N) is 1. The van der Waals surface area contributed by atoms with Gasteiger partial charge in [0.25, 0.3) is 0 Å². The summed E-state index contributed by atoms with van der Waals surface area (Å²) in [4.78, 5) is 32.2. The molecule has 1 aromatic carbocycles. The van der Waals surface area contributed by atoms with Gasteiger partial charge in [0.1, 0.15) is 0 Å². The third kappa shape index (κ3) is 3.37. The second kappa shape index (κ2) is 7.10. The normalized spacial score (nSPS) is 20.9. The van der Waals surface area contributed by atoms with Crippen LogP contribution in [0.25, 0.3) is 0 Å². The van der Waals surface area contributed by atoms with Gasteiger partial charge in [0.15, 0.2) is 0 Å². The van der Waals surface area contributed by atoms with Crippen molar-refractivity contribution in [3.63, 3.8) is 0 Å². The van der Waals surface area contributed by atoms with Crippen LogP contribution in [0.4, 0.5) is 0 Å². The minimum absolute atomic E-state index is 0.0569. The summed E-state index contributed by atoms with van der Waals surface area (Å²) in [5, 5.41) is 19.9. The molecule has 10 heteroatoms. The van der Waals surface area contributed by atoms with Crippen LogP contribution in [-0.2, 0) is 15.9 Å². The number of H-pyrrole nitrogens is 1. The van der Waals surface area contributed by atoms with Crippen molar-refractivity contribution in [3.05, 3.63) is 41.5 Å². The Labute approximate surface area is 160 Å². The number of aromatic hydroxyl groups is 1. The second-order valence-corrected chi connectivity index (χ2v) is 7.10. The quantitative estimate of drug-likeness (QED) is 0.607. The molecule has 144 valence electrons. The number of likely N-dealkylation sites (tertiary alicyclic amines) is 1. The van der Waals surface area contributed by atoms with Gasteiger partial charge < -0.3 is 4.98 Å². The Morgan fingerprint density at radius 2 is 2.14 bits per heavy atom. The molecule has 1 saturated heterocycles. The van der Waals surface area contributed by atoms with Gasteiger partial charge in [0.05, 0.1) is 12.0 Å². The number of phenols is 1. The number of rotatable bonds is 7. The molecule has 9 nitrogen and oxygen atoms in total. The fourth-order valence-corrected chi connectivity index (χ4v) is 3.47. The molecule has 0 unspecified atom stereocenters. The number of nitrogens with zero attached hydrogens (tertiary/aromatic N) is 2. The first-order chi connectivity index (χ1) is 13.5. The number of carboxylic acids is 1. The van der Waals surface area contributed by atoms with Crippen LogP contribution in [0.1, 0.15) is 34.0 Å². The van der Waals surface area contributed by atoms with Crippen LogP contribution in [-0.4, -0.2) is 63.3 Å². The van der Waals surface area contributed by atoms with Crippen LogP contribution < -0.4 is 4.74 Å². The van der Waals surface area contributed by atoms with Gasteiger partial charge >= 0.3 is 132 Å². The molecular formula is C18H18BN3O6. The number of amides is 1. The van der Waals surface area contributed by atoms with Crippen molar-refractivity contribution in [2.24, 2.45) is 0 Å². The summed E-state index contributed by atoms with van der Waals surface area (Å²) < 4.78 is 16.6. The van der Waals surface area contributed by atoms with Gasteiger partial charge in [0, 0.05) is 6.20 Å². The fourth-order valence-electron chi connectivity index (χ4n) is 3.47. The third-order valence-corrected chi connectivity index (χ3v) is 5.18. The summed E-state index contributed by atoms with van der Waals surface area (Å²) in [7, 11) is 0.817. The molecule has 3 N–H and O–H groups in total. The van der Waals surface area contributed by atoms with Crippen molar-refractivity contribution in [1.29, 1.82) is 0 Å². The summed E-state index contributed by atoms with van der Waals surface area (Å²) in [6.45, 7) is 0.668. The number of imidazole rings is 1. The number of aromatic amines is 1. The maximum absolute atomic E-state index is 12.2. The Morgan fingerprint density at radius 3 is 2.75 bits per heavy atom. The van der Waals surface area contributed by atoms with Gasteiger partial charge in [-0.05, 0) is 0 Å². The standard InChI is InChI=1S/C18H18BN3O6/c23-15(3-9-5-20-8-21-9)22-6-10(7-22)28-14-2-1-11(12-4-13(12)19-27)17(24)16(14)18(25)26/h1-2,5,8,10,12-13,24H,3-4,6-7H2,(H,20,21)(H,25,26)/t12-,13-/m1/s1. The zero-order chi connectivity index (χ0) is 19.8. The number of carbonyl (C=O) groups excluding carboxylic acids is 1. The third-order valence-electron chi connectivity index (χ3n) is 5.18. The number of aromatic carboxylic acids is 1. The van der Waals surface area contributed by atoms with E-state index in [1.54, 1.807) is 17.2 Å². The van der Waals surface area contributed by atoms with Crippen LogP contribution in [0.15, 0.2) is 24.7 Å². The molecule has 1 amide bonds. The van der Waals surface area contributed by atoms with E-state index in [1.807, 2.05) is 0 Å². The van der Waals surface area contributed by atoms with Gasteiger partial charge in [-0.3, -0.25) is 0 Å². The van der Waals surface area contributed by atoms with Crippen LogP contribution >= 0.6 is 0 Å². The number of carboxylic acid groups (broad SMARTS) is 1. The summed E-state index contributed by atoms with van der Waals surface area (Å²) >= 11 is 0. The van der Waals surface area contributed by atoms with Gasteiger partial charge in [-0.15, -0.1) is 0 Å². The molecule has 28 heavy (non-hydrogen) atoms. The first-order valence-corrected chi connectivity index (χ1v) is 8.94. The number of ether oxygens (including phenoxy) is 1. The van der Waals surface area contributed by atoms with Crippen LogP contribution in [0.2, 0.25) is 5.82 Å². The van der Waals surface area contributed by atoms with Crippen molar-refractivity contribution in [1.82, 2.24) is 14.9 Å². The molecule has 2 aromatic rings. The Morgan fingerprint density at radius 1 is 1.36 bits per heavy atom. The predicted molar refractivity (Wildman–Crippen MR) is 95.9 cm³/mol. The van der Waals surface area contributed by atoms with Gasteiger partial charge in [-0.2, -0.15) is 0 Å². The summed E-state index contributed by atoms with van der Waals surface area (Å²) in [5.41, 5.74) is 0.790. The van der Waals surface area contributed by atoms with Crippen molar-refractivity contribution in [2.75, 3.05) is 13.1 Å². The van der Waals surface area contributed by atoms with E-state index in [0.29, 0.717) is 30.8 Å². The molecule has 1 aliphatic heterocycles. The predicted octanol–water partition coefficient (Wildman–Crippen LogP) is 0.971. The first kappa shape index (κ1) is 18.2. The number of hydrogen-bond donors (Lipinski definition) is 3. The maximum atomic E-state index is 12.2. The minimum atomic E-state index is -1.30. The van der Waals surface area contributed by atoms with E-state index >= 15 is 0 Å². The first-order valence-electron chi connectivity index (χ1n) is 8.94. The molecular weight excluding hydrogens is 365 g/mol. The van der Waals surface area contributed by atoms with E-state index in [2.05, 4.69) is 9.97 Å². The van der Waals surface area contributed by atoms with Gasteiger partial charge in [0.2, 0.25) is 0 Å². The van der Waals surface area contributed by atoms with E-state index in [1.165, 1.54) is 12.4 Å². The monoisotopic (exact) mass is 383 g/mol. The van der Waals surface area contributed by atoms with Gasteiger partial charge in [-0.1, -0.05) is 0 Å². The van der Waals surface area contributed by atoms with Crippen molar-refractivity contribution < 1.29 is 29.2 Å². The van der Waals surface area contributed by atoms with Crippen LogP contribution in [0.5, 0.6) is 11.5 Å². The van der Waals surface area contributed by atoms with E-state index < -0.39 is 5.97 Å². The molecule has 0 spiro atoms. The van der Waals surface area contributed by atoms with E-state index in [4.69, 9.17) is 4.74 Å². The molecule has 2 fully saturated rings. The molecule has 2 atom stereocenters. The molecule has 1 aromatic heterocycles. The molecule has 4 rings (SSSR count). The summed E-state index contributed by atoms with van der Waals surface area (Å²) in [6, 6.07) is 3.11. The Kier molecular flexibility index (Phi) is 4.62. The van der Waals surface area contributed by atoms with E-state index in [-0.39, 0.29) is 47.2 Å². The number of carbonyl (C=O) groups is 2. The van der Waals surface area contributed by atoms with Gasteiger partial charge in [-0.25, -0.2) is 4.98 Å². The summed E-state index contributed by atoms with van der Waals surface area (Å²) in [6.07, 6.45) is 3.60. The zero-order valence-corrected chi connectivity index (χ0v) is 14.9. The molecule has 1 saturated carbocycles. The fraction of sp³-hybridized carbons (Fsp3) is 0.389. The summed E-state index contributed by atoms with van der Waals surface area (Å²) in [5.74, 6) is -2.02. The van der Waals surface area contributed by atoms with Crippen LogP contribution in [0.3, 0.4) is 0 Å². The number of benzene rings is 1. The molecule has 0 bridgehead atoms. The Balaban J connectivity index is 1.41. The van der Waals surface area contributed by atoms with E-state index in [0.717, 1.165) is 7.15 Å². The van der Waals surface area contributed by atoms with E-state index in [9.17, 15) is 24.5 Å². The SMILES string of the molecule is O=B[C@@H]1C[C@@H]1c1ccc(OC2CN(C(=O)Cc3c[nH]cn3)C2)c(C(=O)O)c1O. The van der Waals surface area contributed by atoms with Crippen LogP contribution in [0, 0.1) is 0 Å². The number of aromatic nitrogens is 2. The number of hydrogen-bond acceptors (Lipinski definition) is 6. The molecule has 1 aliphatic carbocycles. The second-order valence-electron chi connectivity index (χ2n) is 7.10. The molecule has 2 heterocycles.